The molecule has 1 aromatic carbocycles. The largest absolute Gasteiger partial charge is 0.325 e. The van der Waals surface area contributed by atoms with Crippen LogP contribution in [0.4, 0.5) is 5.69 Å². The van der Waals surface area contributed by atoms with Gasteiger partial charge in [0.25, 0.3) is 0 Å². The van der Waals surface area contributed by atoms with Gasteiger partial charge in [-0.05, 0) is 83.0 Å². The number of amides is 1. The number of hydrogen-bond donors (Lipinski definition) is 1. The summed E-state index contributed by atoms with van der Waals surface area (Å²) < 4.78 is 0. The molecule has 1 aromatic rings. The number of nitrogens with one attached hydrogen (secondary N) is 1. The van der Waals surface area contributed by atoms with Gasteiger partial charge in [-0.3, -0.25) is 9.69 Å². The van der Waals surface area contributed by atoms with Gasteiger partial charge in [0.05, 0.1) is 5.41 Å². The normalized spacial score (nSPS) is 25.2. The average Bonchev–Trinajstić information content (AvgIpc) is 2.55. The van der Waals surface area contributed by atoms with Crippen LogP contribution in [0, 0.1) is 5.41 Å². The molecule has 1 saturated heterocycles. The molecule has 1 unspecified atom stereocenters. The Morgan fingerprint density at radius 2 is 2.00 bits per heavy atom. The van der Waals surface area contributed by atoms with Gasteiger partial charge in [0, 0.05) is 18.3 Å². The Balaban J connectivity index is 1.76. The summed E-state index contributed by atoms with van der Waals surface area (Å²) in [6.07, 6.45) is 6.84. The highest BCUT2D eigenvalue weighted by Gasteiger charge is 2.38. The molecular weight excluding hydrogens is 284 g/mol. The van der Waals surface area contributed by atoms with E-state index in [-0.39, 0.29) is 11.3 Å². The Bertz CT molecular complexity index is 581. The molecule has 3 rings (SSSR count). The highest BCUT2D eigenvalue weighted by Crippen LogP contribution is 2.34. The topological polar surface area (TPSA) is 32.3 Å². The number of hydrogen-bond acceptors (Lipinski definition) is 2. The number of nitrogens with zero attached hydrogens (tertiary/aromatic N) is 1. The Kier molecular flexibility index (Phi) is 4.77. The van der Waals surface area contributed by atoms with E-state index in [4.69, 9.17) is 0 Å². The summed E-state index contributed by atoms with van der Waals surface area (Å²) in [5, 5.41) is 3.27. The minimum atomic E-state index is -0.278. The van der Waals surface area contributed by atoms with Gasteiger partial charge in [-0.2, -0.15) is 0 Å². The summed E-state index contributed by atoms with van der Waals surface area (Å²) in [6, 6.07) is 6.89. The van der Waals surface area contributed by atoms with Gasteiger partial charge in [-0.1, -0.05) is 12.1 Å². The molecule has 0 spiro atoms. The van der Waals surface area contributed by atoms with Crippen LogP contribution in [0.5, 0.6) is 0 Å². The Morgan fingerprint density at radius 1 is 1.22 bits per heavy atom. The fourth-order valence-corrected chi connectivity index (χ4v) is 4.08. The van der Waals surface area contributed by atoms with Gasteiger partial charge < -0.3 is 5.32 Å². The monoisotopic (exact) mass is 314 g/mol. The lowest BCUT2D eigenvalue weighted by molar-refractivity contribution is -0.128. The lowest BCUT2D eigenvalue weighted by Gasteiger charge is -2.41. The van der Waals surface area contributed by atoms with Crippen molar-refractivity contribution < 1.29 is 4.79 Å². The van der Waals surface area contributed by atoms with Crippen molar-refractivity contribution in [1.82, 2.24) is 4.90 Å². The first-order valence-electron chi connectivity index (χ1n) is 9.16. The van der Waals surface area contributed by atoms with Crippen LogP contribution < -0.4 is 5.32 Å². The van der Waals surface area contributed by atoms with E-state index in [0.717, 1.165) is 44.5 Å². The number of carbonyl (C=O) groups excluding carboxylic acids is 1. The predicted octanol–water partition coefficient (Wildman–Crippen LogP) is 4.01. The van der Waals surface area contributed by atoms with Gasteiger partial charge in [-0.25, -0.2) is 0 Å². The maximum atomic E-state index is 13.0. The summed E-state index contributed by atoms with van der Waals surface area (Å²) in [4.78, 5) is 15.4. The average molecular weight is 314 g/mol. The lowest BCUT2D eigenvalue weighted by Crippen LogP contribution is -2.50. The number of anilines is 1. The van der Waals surface area contributed by atoms with Crippen LogP contribution in [0.3, 0.4) is 0 Å². The van der Waals surface area contributed by atoms with Crippen LogP contribution in [0.25, 0.3) is 0 Å². The van der Waals surface area contributed by atoms with Gasteiger partial charge in [0.2, 0.25) is 5.91 Å². The van der Waals surface area contributed by atoms with Crippen LogP contribution in [-0.4, -0.2) is 29.9 Å². The molecule has 0 aromatic heterocycles. The highest BCUT2D eigenvalue weighted by atomic mass is 16.2. The summed E-state index contributed by atoms with van der Waals surface area (Å²) in [5.41, 5.74) is 3.56. The van der Waals surface area contributed by atoms with Crippen molar-refractivity contribution in [3.8, 4) is 0 Å². The molecule has 1 amide bonds. The highest BCUT2D eigenvalue weighted by molar-refractivity contribution is 5.96. The number of carbonyl (C=O) groups is 1. The van der Waals surface area contributed by atoms with Gasteiger partial charge in [-0.15, -0.1) is 0 Å². The third-order valence-electron chi connectivity index (χ3n) is 5.65. The fraction of sp³-hybridized carbons (Fsp3) is 0.650. The second kappa shape index (κ2) is 6.64. The van der Waals surface area contributed by atoms with Crippen molar-refractivity contribution in [3.63, 3.8) is 0 Å². The first kappa shape index (κ1) is 16.5. The maximum absolute atomic E-state index is 13.0. The Hall–Kier alpha value is -1.35. The molecule has 1 aliphatic carbocycles. The number of aryl methyl sites for hydroxylation is 1. The van der Waals surface area contributed by atoms with Crippen LogP contribution in [0.2, 0.25) is 0 Å². The van der Waals surface area contributed by atoms with Crippen molar-refractivity contribution in [3.05, 3.63) is 29.3 Å². The third-order valence-corrected chi connectivity index (χ3v) is 5.65. The van der Waals surface area contributed by atoms with Crippen LogP contribution in [0.15, 0.2) is 18.2 Å². The first-order valence-corrected chi connectivity index (χ1v) is 9.16. The molecule has 1 fully saturated rings. The van der Waals surface area contributed by atoms with E-state index in [1.165, 1.54) is 24.0 Å². The smallest absolute Gasteiger partial charge is 0.231 e. The van der Waals surface area contributed by atoms with Gasteiger partial charge >= 0.3 is 0 Å². The molecule has 0 radical (unpaired) electrons. The van der Waals surface area contributed by atoms with E-state index in [1.807, 2.05) is 0 Å². The summed E-state index contributed by atoms with van der Waals surface area (Å²) in [7, 11) is 0. The molecule has 2 aliphatic rings. The summed E-state index contributed by atoms with van der Waals surface area (Å²) in [6.45, 7) is 8.55. The minimum absolute atomic E-state index is 0.196. The van der Waals surface area contributed by atoms with E-state index in [2.05, 4.69) is 49.2 Å². The van der Waals surface area contributed by atoms with E-state index < -0.39 is 0 Å². The number of rotatable bonds is 3. The summed E-state index contributed by atoms with van der Waals surface area (Å²) in [5.74, 6) is 0.196. The Morgan fingerprint density at radius 3 is 2.78 bits per heavy atom. The number of likely N-dealkylation sites (tertiary alicyclic amines) is 1. The zero-order chi connectivity index (χ0) is 16.4. The van der Waals surface area contributed by atoms with Gasteiger partial charge in [0.1, 0.15) is 0 Å². The molecule has 1 atom stereocenters. The molecule has 0 saturated carbocycles. The third kappa shape index (κ3) is 3.45. The summed E-state index contributed by atoms with van der Waals surface area (Å²) >= 11 is 0. The van der Waals surface area contributed by atoms with Crippen LogP contribution in [0.1, 0.15) is 57.6 Å². The molecule has 23 heavy (non-hydrogen) atoms. The van der Waals surface area contributed by atoms with Crippen molar-refractivity contribution in [2.24, 2.45) is 5.41 Å². The lowest BCUT2D eigenvalue weighted by atomic mass is 9.80. The van der Waals surface area contributed by atoms with E-state index >= 15 is 0 Å². The predicted molar refractivity (Wildman–Crippen MR) is 95.8 cm³/mol. The second-order valence-corrected chi connectivity index (χ2v) is 7.83. The van der Waals surface area contributed by atoms with E-state index in [9.17, 15) is 4.79 Å². The van der Waals surface area contributed by atoms with Crippen molar-refractivity contribution in [2.75, 3.05) is 18.4 Å². The molecule has 3 heteroatoms. The number of fused-ring (bicyclic) bond motifs is 1. The van der Waals surface area contributed by atoms with E-state index in [1.54, 1.807) is 0 Å². The first-order chi connectivity index (χ1) is 11.0. The molecule has 1 N–H and O–H groups in total. The van der Waals surface area contributed by atoms with Crippen LogP contribution >= 0.6 is 0 Å². The number of benzene rings is 1. The second-order valence-electron chi connectivity index (χ2n) is 7.83. The van der Waals surface area contributed by atoms with Crippen molar-refractivity contribution in [1.29, 1.82) is 0 Å². The molecular formula is C20H30N2O. The SMILES string of the molecule is CC(C)N1CCCC(C)(C(=O)Nc2cccc3c2CCCC3)C1. The molecule has 1 heterocycles. The molecule has 126 valence electrons. The standard InChI is InChI=1S/C20H30N2O/c1-15(2)22-13-7-12-20(3,14-22)19(23)21-18-11-6-9-16-8-4-5-10-17(16)18/h6,9,11,15H,4-5,7-8,10,12-14H2,1-3H3,(H,21,23). The number of piperidine rings is 1. The maximum Gasteiger partial charge on any atom is 0.231 e. The van der Waals surface area contributed by atoms with Gasteiger partial charge in [0.15, 0.2) is 0 Å². The quantitative estimate of drug-likeness (QED) is 0.914. The molecule has 3 nitrogen and oxygen atoms in total. The van der Waals surface area contributed by atoms with Crippen molar-refractivity contribution in [2.45, 2.75) is 65.3 Å². The zero-order valence-corrected chi connectivity index (χ0v) is 14.8. The molecule has 1 aliphatic heterocycles. The van der Waals surface area contributed by atoms with E-state index in [0.29, 0.717) is 6.04 Å². The Labute approximate surface area is 140 Å². The van der Waals surface area contributed by atoms with Crippen molar-refractivity contribution >= 4 is 11.6 Å². The van der Waals surface area contributed by atoms with Crippen LogP contribution in [-0.2, 0) is 17.6 Å². The molecule has 0 bridgehead atoms. The minimum Gasteiger partial charge on any atom is -0.325 e. The zero-order valence-electron chi connectivity index (χ0n) is 14.8. The fourth-order valence-electron chi connectivity index (χ4n) is 4.08.